The largest absolute Gasteiger partial charge is 0.460 e. The van der Waals surface area contributed by atoms with Crippen LogP contribution in [0, 0.1) is 5.92 Å². The van der Waals surface area contributed by atoms with Crippen molar-refractivity contribution in [3.8, 4) is 0 Å². The minimum absolute atomic E-state index is 0.0793. The fourth-order valence-electron chi connectivity index (χ4n) is 3.23. The molecule has 0 amide bonds. The van der Waals surface area contributed by atoms with Crippen molar-refractivity contribution in [3.05, 3.63) is 29.8 Å². The van der Waals surface area contributed by atoms with E-state index in [-0.39, 0.29) is 17.6 Å². The summed E-state index contributed by atoms with van der Waals surface area (Å²) >= 11 is 0. The number of anilines is 1. The highest BCUT2D eigenvalue weighted by Gasteiger charge is 2.26. The number of benzene rings is 1. The molecule has 0 bridgehead atoms. The van der Waals surface area contributed by atoms with Crippen molar-refractivity contribution in [1.29, 1.82) is 0 Å². The molecular formula is C19H32N2O2. The summed E-state index contributed by atoms with van der Waals surface area (Å²) in [4.78, 5) is 12.0. The normalized spacial score (nSPS) is 15.2. The molecule has 0 aliphatic rings. The SMILES string of the molecule is CCCC(C)(CC(C)C)NC(C)COC(=O)c1ccc(N)cc1. The smallest absolute Gasteiger partial charge is 0.338 e. The molecule has 130 valence electrons. The van der Waals surface area contributed by atoms with Gasteiger partial charge >= 0.3 is 5.97 Å². The molecule has 2 atom stereocenters. The van der Waals surface area contributed by atoms with Gasteiger partial charge in [0.1, 0.15) is 6.61 Å². The molecule has 1 rings (SSSR count). The third-order valence-electron chi connectivity index (χ3n) is 3.87. The lowest BCUT2D eigenvalue weighted by molar-refractivity contribution is 0.0449. The quantitative estimate of drug-likeness (QED) is 0.533. The summed E-state index contributed by atoms with van der Waals surface area (Å²) in [6, 6.07) is 6.91. The van der Waals surface area contributed by atoms with Crippen LogP contribution in [0.5, 0.6) is 0 Å². The number of rotatable bonds is 9. The molecule has 4 nitrogen and oxygen atoms in total. The lowest BCUT2D eigenvalue weighted by atomic mass is 9.86. The van der Waals surface area contributed by atoms with Crippen molar-refractivity contribution < 1.29 is 9.53 Å². The number of hydrogen-bond acceptors (Lipinski definition) is 4. The lowest BCUT2D eigenvalue weighted by Crippen LogP contribution is -2.49. The Kier molecular flexibility index (Phi) is 7.56. The van der Waals surface area contributed by atoms with Crippen LogP contribution in [0.15, 0.2) is 24.3 Å². The van der Waals surface area contributed by atoms with Crippen molar-refractivity contribution in [3.63, 3.8) is 0 Å². The van der Waals surface area contributed by atoms with Crippen molar-refractivity contribution in [2.75, 3.05) is 12.3 Å². The second kappa shape index (κ2) is 8.92. The van der Waals surface area contributed by atoms with E-state index in [1.165, 1.54) is 0 Å². The van der Waals surface area contributed by atoms with Gasteiger partial charge in [0.15, 0.2) is 0 Å². The highest BCUT2D eigenvalue weighted by atomic mass is 16.5. The van der Waals surface area contributed by atoms with Crippen molar-refractivity contribution in [1.82, 2.24) is 5.32 Å². The monoisotopic (exact) mass is 320 g/mol. The average molecular weight is 320 g/mol. The second-order valence-corrected chi connectivity index (χ2v) is 7.17. The molecule has 1 aromatic carbocycles. The van der Waals surface area contributed by atoms with Gasteiger partial charge in [-0.3, -0.25) is 0 Å². The van der Waals surface area contributed by atoms with Crippen molar-refractivity contribution in [2.24, 2.45) is 5.92 Å². The van der Waals surface area contributed by atoms with Gasteiger partial charge in [0.05, 0.1) is 5.56 Å². The van der Waals surface area contributed by atoms with E-state index in [1.807, 2.05) is 0 Å². The first-order chi connectivity index (χ1) is 10.8. The van der Waals surface area contributed by atoms with E-state index in [4.69, 9.17) is 10.5 Å². The summed E-state index contributed by atoms with van der Waals surface area (Å²) in [5.41, 5.74) is 6.88. The topological polar surface area (TPSA) is 64.3 Å². The van der Waals surface area contributed by atoms with Crippen LogP contribution in [0.25, 0.3) is 0 Å². The third-order valence-corrected chi connectivity index (χ3v) is 3.87. The number of carbonyl (C=O) groups excluding carboxylic acids is 1. The Balaban J connectivity index is 2.52. The van der Waals surface area contributed by atoms with Gasteiger partial charge in [-0.15, -0.1) is 0 Å². The molecule has 0 saturated carbocycles. The number of nitrogen functional groups attached to an aromatic ring is 1. The van der Waals surface area contributed by atoms with Gasteiger partial charge < -0.3 is 15.8 Å². The van der Waals surface area contributed by atoms with Crippen LogP contribution in [0.3, 0.4) is 0 Å². The van der Waals surface area contributed by atoms with Crippen LogP contribution in [0.4, 0.5) is 5.69 Å². The zero-order chi connectivity index (χ0) is 17.5. The highest BCUT2D eigenvalue weighted by molar-refractivity contribution is 5.89. The van der Waals surface area contributed by atoms with Crippen LogP contribution in [-0.4, -0.2) is 24.2 Å². The minimum Gasteiger partial charge on any atom is -0.460 e. The fraction of sp³-hybridized carbons (Fsp3) is 0.632. The minimum atomic E-state index is -0.306. The first kappa shape index (κ1) is 19.5. The maximum Gasteiger partial charge on any atom is 0.338 e. The Morgan fingerprint density at radius 1 is 1.26 bits per heavy atom. The Morgan fingerprint density at radius 3 is 2.39 bits per heavy atom. The predicted octanol–water partition coefficient (Wildman–Crippen LogP) is 4.01. The van der Waals surface area contributed by atoms with E-state index < -0.39 is 0 Å². The van der Waals surface area contributed by atoms with Gasteiger partial charge in [-0.1, -0.05) is 27.2 Å². The molecule has 0 aliphatic carbocycles. The Bertz CT molecular complexity index is 485. The summed E-state index contributed by atoms with van der Waals surface area (Å²) in [7, 11) is 0. The van der Waals surface area contributed by atoms with E-state index in [0.717, 1.165) is 19.3 Å². The number of carbonyl (C=O) groups is 1. The predicted molar refractivity (Wildman–Crippen MR) is 96.5 cm³/mol. The fourth-order valence-corrected chi connectivity index (χ4v) is 3.23. The van der Waals surface area contributed by atoms with E-state index in [2.05, 4.69) is 39.9 Å². The highest BCUT2D eigenvalue weighted by Crippen LogP contribution is 2.22. The zero-order valence-corrected chi connectivity index (χ0v) is 15.2. The summed E-state index contributed by atoms with van der Waals surface area (Å²) in [5, 5.41) is 3.64. The third kappa shape index (κ3) is 7.04. The molecule has 3 N–H and O–H groups in total. The molecule has 0 spiro atoms. The van der Waals surface area contributed by atoms with Crippen LogP contribution in [0.2, 0.25) is 0 Å². The first-order valence-corrected chi connectivity index (χ1v) is 8.56. The molecule has 0 radical (unpaired) electrons. The number of esters is 1. The Labute approximate surface area is 140 Å². The average Bonchev–Trinajstić information content (AvgIpc) is 2.44. The molecule has 0 heterocycles. The second-order valence-electron chi connectivity index (χ2n) is 7.17. The van der Waals surface area contributed by atoms with Gasteiger partial charge in [-0.25, -0.2) is 4.79 Å². The van der Waals surface area contributed by atoms with Crippen LogP contribution in [-0.2, 0) is 4.74 Å². The zero-order valence-electron chi connectivity index (χ0n) is 15.2. The van der Waals surface area contributed by atoms with E-state index >= 15 is 0 Å². The summed E-state index contributed by atoms with van der Waals surface area (Å²) < 4.78 is 5.42. The first-order valence-electron chi connectivity index (χ1n) is 8.56. The molecule has 0 aliphatic heterocycles. The van der Waals surface area contributed by atoms with Crippen molar-refractivity contribution in [2.45, 2.75) is 65.5 Å². The Morgan fingerprint density at radius 2 is 1.87 bits per heavy atom. The van der Waals surface area contributed by atoms with Gasteiger partial charge in [0.2, 0.25) is 0 Å². The maximum atomic E-state index is 12.0. The lowest BCUT2D eigenvalue weighted by Gasteiger charge is -2.35. The van der Waals surface area contributed by atoms with Crippen molar-refractivity contribution >= 4 is 11.7 Å². The van der Waals surface area contributed by atoms with Crippen LogP contribution in [0.1, 0.15) is 64.2 Å². The van der Waals surface area contributed by atoms with E-state index in [0.29, 0.717) is 23.8 Å². The van der Waals surface area contributed by atoms with Crippen LogP contribution < -0.4 is 11.1 Å². The molecule has 0 aromatic heterocycles. The Hall–Kier alpha value is -1.55. The summed E-state index contributed by atoms with van der Waals surface area (Å²) in [6.45, 7) is 11.4. The van der Waals surface area contributed by atoms with E-state index in [1.54, 1.807) is 24.3 Å². The number of nitrogens with one attached hydrogen (secondary N) is 1. The molecule has 0 saturated heterocycles. The number of ether oxygens (including phenoxy) is 1. The molecule has 23 heavy (non-hydrogen) atoms. The number of hydrogen-bond donors (Lipinski definition) is 2. The summed E-state index contributed by atoms with van der Waals surface area (Å²) in [6.07, 6.45) is 3.35. The molecule has 4 heteroatoms. The standard InChI is InChI=1S/C19H32N2O2/c1-6-11-19(5,12-14(2)3)21-15(4)13-23-18(22)16-7-9-17(20)10-8-16/h7-10,14-15,21H,6,11-13,20H2,1-5H3. The molecule has 2 unspecified atom stereocenters. The van der Waals surface area contributed by atoms with Gasteiger partial charge in [-0.2, -0.15) is 0 Å². The summed E-state index contributed by atoms with van der Waals surface area (Å²) in [5.74, 6) is 0.322. The van der Waals surface area contributed by atoms with Gasteiger partial charge in [-0.05, 0) is 56.9 Å². The molecule has 0 fully saturated rings. The molecule has 1 aromatic rings. The van der Waals surface area contributed by atoms with Gasteiger partial charge in [0.25, 0.3) is 0 Å². The van der Waals surface area contributed by atoms with Crippen LogP contribution >= 0.6 is 0 Å². The molecular weight excluding hydrogens is 288 g/mol. The van der Waals surface area contributed by atoms with E-state index in [9.17, 15) is 4.79 Å². The maximum absolute atomic E-state index is 12.0. The van der Waals surface area contributed by atoms with Gasteiger partial charge in [0, 0.05) is 17.3 Å². The number of nitrogens with two attached hydrogens (primary N) is 1.